The molecule has 0 aliphatic carbocycles. The number of amides is 2. The molecule has 0 spiro atoms. The topological polar surface area (TPSA) is 58.2 Å². The van der Waals surface area contributed by atoms with Crippen molar-refractivity contribution in [3.63, 3.8) is 0 Å². The molecule has 23 heavy (non-hydrogen) atoms. The van der Waals surface area contributed by atoms with E-state index in [-0.39, 0.29) is 17.6 Å². The Morgan fingerprint density at radius 2 is 1.70 bits per heavy atom. The first-order valence-corrected chi connectivity index (χ1v) is 8.37. The van der Waals surface area contributed by atoms with Crippen LogP contribution in [0.2, 0.25) is 5.02 Å². The first kappa shape index (κ1) is 17.4. The highest BCUT2D eigenvalue weighted by Crippen LogP contribution is 2.19. The van der Waals surface area contributed by atoms with Gasteiger partial charge >= 0.3 is 0 Å². The lowest BCUT2D eigenvalue weighted by molar-refractivity contribution is -0.119. The van der Waals surface area contributed by atoms with Gasteiger partial charge in [0, 0.05) is 15.5 Å². The Balaban J connectivity index is 1.80. The number of hydrogen-bond donors (Lipinski definition) is 2. The van der Waals surface area contributed by atoms with Crippen LogP contribution in [0, 0.1) is 13.8 Å². The van der Waals surface area contributed by atoms with E-state index in [9.17, 15) is 9.59 Å². The zero-order valence-electron chi connectivity index (χ0n) is 12.9. The summed E-state index contributed by atoms with van der Waals surface area (Å²) in [5.41, 5.74) is 7.49. The van der Waals surface area contributed by atoms with Gasteiger partial charge in [-0.3, -0.25) is 20.4 Å². The Kier molecular flexibility index (Phi) is 6.07. The zero-order chi connectivity index (χ0) is 16.8. The van der Waals surface area contributed by atoms with Crippen LogP contribution < -0.4 is 10.9 Å². The second-order valence-corrected chi connectivity index (χ2v) is 6.53. The van der Waals surface area contributed by atoms with Crippen LogP contribution in [-0.2, 0) is 4.79 Å². The SMILES string of the molecule is Cc1ccc(C(=O)NNC(=O)CSc2ccc(Cl)cc2)cc1C. The van der Waals surface area contributed by atoms with E-state index in [0.717, 1.165) is 16.0 Å². The fourth-order valence-corrected chi connectivity index (χ4v) is 2.62. The number of carbonyl (C=O) groups excluding carboxylic acids is 2. The number of rotatable bonds is 4. The van der Waals surface area contributed by atoms with E-state index < -0.39 is 0 Å². The first-order valence-electron chi connectivity index (χ1n) is 7.00. The van der Waals surface area contributed by atoms with Crippen LogP contribution in [0.4, 0.5) is 0 Å². The third-order valence-corrected chi connectivity index (χ3v) is 4.53. The molecule has 6 heteroatoms. The van der Waals surface area contributed by atoms with E-state index in [1.807, 2.05) is 32.0 Å². The Hall–Kier alpha value is -1.98. The number of halogens is 1. The lowest BCUT2D eigenvalue weighted by Gasteiger charge is -2.08. The van der Waals surface area contributed by atoms with Crippen molar-refractivity contribution in [3.05, 3.63) is 64.2 Å². The Bertz CT molecular complexity index is 717. The summed E-state index contributed by atoms with van der Waals surface area (Å²) in [7, 11) is 0. The van der Waals surface area contributed by atoms with Crippen LogP contribution in [0.25, 0.3) is 0 Å². The van der Waals surface area contributed by atoms with Crippen molar-refractivity contribution in [2.24, 2.45) is 0 Å². The summed E-state index contributed by atoms with van der Waals surface area (Å²) in [6, 6.07) is 12.6. The highest BCUT2D eigenvalue weighted by Gasteiger charge is 2.08. The second kappa shape index (κ2) is 8.04. The molecule has 0 radical (unpaired) electrons. The standard InChI is InChI=1S/C17H17ClN2O2S/c1-11-3-4-13(9-12(11)2)17(22)20-19-16(21)10-23-15-7-5-14(18)6-8-15/h3-9H,10H2,1-2H3,(H,19,21)(H,20,22). The molecule has 120 valence electrons. The fourth-order valence-electron chi connectivity index (χ4n) is 1.80. The molecule has 0 saturated heterocycles. The van der Waals surface area contributed by atoms with Crippen molar-refractivity contribution in [1.29, 1.82) is 0 Å². The van der Waals surface area contributed by atoms with Crippen molar-refractivity contribution in [2.75, 3.05) is 5.75 Å². The Labute approximate surface area is 144 Å². The van der Waals surface area contributed by atoms with Crippen molar-refractivity contribution in [2.45, 2.75) is 18.7 Å². The number of nitrogens with one attached hydrogen (secondary N) is 2. The minimum atomic E-state index is -0.335. The van der Waals surface area contributed by atoms with E-state index in [1.165, 1.54) is 11.8 Å². The van der Waals surface area contributed by atoms with Crippen LogP contribution in [0.5, 0.6) is 0 Å². The number of thioether (sulfide) groups is 1. The van der Waals surface area contributed by atoms with Crippen molar-refractivity contribution < 1.29 is 9.59 Å². The molecule has 2 aromatic rings. The molecule has 2 N–H and O–H groups in total. The van der Waals surface area contributed by atoms with Gasteiger partial charge in [-0.2, -0.15) is 0 Å². The summed E-state index contributed by atoms with van der Waals surface area (Å²) < 4.78 is 0. The highest BCUT2D eigenvalue weighted by atomic mass is 35.5. The predicted molar refractivity (Wildman–Crippen MR) is 93.7 cm³/mol. The summed E-state index contributed by atoms with van der Waals surface area (Å²) in [6.45, 7) is 3.92. The van der Waals surface area contributed by atoms with Crippen LogP contribution >= 0.6 is 23.4 Å². The smallest absolute Gasteiger partial charge is 0.269 e. The van der Waals surface area contributed by atoms with E-state index in [4.69, 9.17) is 11.6 Å². The average molecular weight is 349 g/mol. The average Bonchev–Trinajstić information content (AvgIpc) is 2.54. The third-order valence-electron chi connectivity index (χ3n) is 3.27. The number of benzene rings is 2. The number of carbonyl (C=O) groups is 2. The largest absolute Gasteiger partial charge is 0.272 e. The van der Waals surface area contributed by atoms with Gasteiger partial charge in [-0.15, -0.1) is 11.8 Å². The van der Waals surface area contributed by atoms with Gasteiger partial charge in [0.1, 0.15) is 0 Å². The maximum absolute atomic E-state index is 12.0. The summed E-state index contributed by atoms with van der Waals surface area (Å²) in [5.74, 6) is -0.408. The lowest BCUT2D eigenvalue weighted by Crippen LogP contribution is -2.42. The van der Waals surface area contributed by atoms with Gasteiger partial charge in [0.2, 0.25) is 5.91 Å². The maximum atomic E-state index is 12.0. The van der Waals surface area contributed by atoms with Crippen LogP contribution in [0.3, 0.4) is 0 Å². The molecule has 0 heterocycles. The third kappa shape index (κ3) is 5.30. The van der Waals surface area contributed by atoms with Crippen LogP contribution in [0.1, 0.15) is 21.5 Å². The van der Waals surface area contributed by atoms with Crippen molar-refractivity contribution in [1.82, 2.24) is 10.9 Å². The van der Waals surface area contributed by atoms with Crippen molar-refractivity contribution >= 4 is 35.2 Å². The molecule has 4 nitrogen and oxygen atoms in total. The summed E-state index contributed by atoms with van der Waals surface area (Å²) >= 11 is 7.17. The minimum Gasteiger partial charge on any atom is -0.272 e. The lowest BCUT2D eigenvalue weighted by atomic mass is 10.1. The minimum absolute atomic E-state index is 0.203. The second-order valence-electron chi connectivity index (χ2n) is 5.04. The Morgan fingerprint density at radius 1 is 1.00 bits per heavy atom. The summed E-state index contributed by atoms with van der Waals surface area (Å²) in [6.07, 6.45) is 0. The molecule has 0 aliphatic heterocycles. The number of hydrogen-bond acceptors (Lipinski definition) is 3. The Morgan fingerprint density at radius 3 is 2.35 bits per heavy atom. The molecule has 2 amide bonds. The van der Waals surface area contributed by atoms with Crippen molar-refractivity contribution in [3.8, 4) is 0 Å². The molecule has 0 aromatic heterocycles. The number of aryl methyl sites for hydroxylation is 2. The molecule has 0 saturated carbocycles. The molecule has 0 atom stereocenters. The van der Waals surface area contributed by atoms with E-state index in [1.54, 1.807) is 24.3 Å². The maximum Gasteiger partial charge on any atom is 0.269 e. The van der Waals surface area contributed by atoms with Gasteiger partial charge in [0.25, 0.3) is 5.91 Å². The fraction of sp³-hybridized carbons (Fsp3) is 0.176. The molecule has 2 aromatic carbocycles. The summed E-state index contributed by atoms with van der Waals surface area (Å²) in [4.78, 5) is 24.7. The molecule has 0 aliphatic rings. The quantitative estimate of drug-likeness (QED) is 0.656. The van der Waals surface area contributed by atoms with Gasteiger partial charge in [-0.25, -0.2) is 0 Å². The van der Waals surface area contributed by atoms with E-state index in [2.05, 4.69) is 10.9 Å². The molecular formula is C17H17ClN2O2S. The first-order chi connectivity index (χ1) is 11.0. The van der Waals surface area contributed by atoms with Gasteiger partial charge in [0.15, 0.2) is 0 Å². The predicted octanol–water partition coefficient (Wildman–Crippen LogP) is 3.51. The van der Waals surface area contributed by atoms with E-state index >= 15 is 0 Å². The summed E-state index contributed by atoms with van der Waals surface area (Å²) in [5, 5.41) is 0.652. The zero-order valence-corrected chi connectivity index (χ0v) is 14.4. The molecule has 0 unspecified atom stereocenters. The van der Waals surface area contributed by atoms with Gasteiger partial charge in [-0.05, 0) is 61.4 Å². The molecule has 0 fully saturated rings. The van der Waals surface area contributed by atoms with E-state index in [0.29, 0.717) is 10.6 Å². The van der Waals surface area contributed by atoms with Gasteiger partial charge < -0.3 is 0 Å². The highest BCUT2D eigenvalue weighted by molar-refractivity contribution is 8.00. The van der Waals surface area contributed by atoms with Gasteiger partial charge in [-0.1, -0.05) is 17.7 Å². The van der Waals surface area contributed by atoms with Gasteiger partial charge in [0.05, 0.1) is 5.75 Å². The van der Waals surface area contributed by atoms with Crippen LogP contribution in [-0.4, -0.2) is 17.6 Å². The molecule has 2 rings (SSSR count). The molecule has 0 bridgehead atoms. The monoisotopic (exact) mass is 348 g/mol. The normalized spacial score (nSPS) is 10.2. The number of hydrazine groups is 1. The molecular weight excluding hydrogens is 332 g/mol. The van der Waals surface area contributed by atoms with Crippen LogP contribution in [0.15, 0.2) is 47.4 Å².